The lowest BCUT2D eigenvalue weighted by atomic mass is 9.84. The number of hydrogen-bond acceptors (Lipinski definition) is 5. The summed E-state index contributed by atoms with van der Waals surface area (Å²) in [5, 5.41) is 15.3. The number of amidine groups is 1. The van der Waals surface area contributed by atoms with E-state index >= 15 is 0 Å². The van der Waals surface area contributed by atoms with Gasteiger partial charge in [0, 0.05) is 17.8 Å². The molecule has 0 aliphatic heterocycles. The van der Waals surface area contributed by atoms with Crippen LogP contribution in [0.5, 0.6) is 5.75 Å². The summed E-state index contributed by atoms with van der Waals surface area (Å²) in [5.74, 6) is 0.676. The lowest BCUT2D eigenvalue weighted by molar-refractivity contribution is 0.318. The Morgan fingerprint density at radius 2 is 2.29 bits per heavy atom. The monoisotopic (exact) mass is 309 g/mol. The Morgan fingerprint density at radius 3 is 2.81 bits per heavy atom. The van der Waals surface area contributed by atoms with Crippen LogP contribution in [-0.4, -0.2) is 35.7 Å². The highest BCUT2D eigenvalue weighted by molar-refractivity contribution is 8.00. The van der Waals surface area contributed by atoms with E-state index in [1.807, 2.05) is 30.0 Å². The minimum atomic E-state index is 0.0576. The normalized spacial score (nSPS) is 17.3. The molecule has 2 rings (SSSR count). The van der Waals surface area contributed by atoms with Crippen molar-refractivity contribution in [2.45, 2.75) is 30.6 Å². The SMILES string of the molecule is COc1cc(CNCC2(SC)CCC2)ccc1/C(N)=N/O. The maximum Gasteiger partial charge on any atom is 0.173 e. The van der Waals surface area contributed by atoms with Gasteiger partial charge in [-0.2, -0.15) is 11.8 Å². The highest BCUT2D eigenvalue weighted by atomic mass is 32.2. The van der Waals surface area contributed by atoms with E-state index in [0.29, 0.717) is 16.1 Å². The van der Waals surface area contributed by atoms with Gasteiger partial charge in [0.05, 0.1) is 12.7 Å². The van der Waals surface area contributed by atoms with Crippen LogP contribution >= 0.6 is 11.8 Å². The fourth-order valence-corrected chi connectivity index (χ4v) is 3.51. The molecule has 0 atom stereocenters. The molecule has 0 radical (unpaired) electrons. The molecular weight excluding hydrogens is 286 g/mol. The lowest BCUT2D eigenvalue weighted by Crippen LogP contribution is -2.43. The van der Waals surface area contributed by atoms with Crippen molar-refractivity contribution in [1.29, 1.82) is 0 Å². The van der Waals surface area contributed by atoms with E-state index in [4.69, 9.17) is 15.7 Å². The quantitative estimate of drug-likeness (QED) is 0.311. The first-order valence-electron chi connectivity index (χ1n) is 7.05. The van der Waals surface area contributed by atoms with Gasteiger partial charge in [0.15, 0.2) is 5.84 Å². The molecular formula is C15H23N3O2S. The minimum Gasteiger partial charge on any atom is -0.496 e. The Kier molecular flexibility index (Phi) is 5.36. The third-order valence-electron chi connectivity index (χ3n) is 4.12. The van der Waals surface area contributed by atoms with Crippen molar-refractivity contribution in [3.8, 4) is 5.75 Å². The number of nitrogens with two attached hydrogens (primary N) is 1. The molecule has 0 heterocycles. The van der Waals surface area contributed by atoms with Gasteiger partial charge in [-0.3, -0.25) is 0 Å². The zero-order chi connectivity index (χ0) is 15.3. The Hall–Kier alpha value is -1.40. The van der Waals surface area contributed by atoms with Crippen molar-refractivity contribution in [3.05, 3.63) is 29.3 Å². The summed E-state index contributed by atoms with van der Waals surface area (Å²) in [6.07, 6.45) is 6.13. The number of nitrogens with one attached hydrogen (secondary N) is 1. The third-order valence-corrected chi connectivity index (χ3v) is 5.54. The van der Waals surface area contributed by atoms with Crippen molar-refractivity contribution >= 4 is 17.6 Å². The first kappa shape index (κ1) is 16.0. The number of nitrogens with zero attached hydrogens (tertiary/aromatic N) is 1. The standard InChI is InChI=1S/C15H23N3O2S/c1-20-13-8-11(4-5-12(13)14(16)18-19)9-17-10-15(21-2)6-3-7-15/h4-5,8,17,19H,3,6-7,9-10H2,1-2H3,(H2,16,18). The van der Waals surface area contributed by atoms with Crippen LogP contribution in [-0.2, 0) is 6.54 Å². The summed E-state index contributed by atoms with van der Waals surface area (Å²) in [6.45, 7) is 1.81. The molecule has 1 aromatic carbocycles. The van der Waals surface area contributed by atoms with Crippen LogP contribution < -0.4 is 15.8 Å². The number of rotatable bonds is 7. The van der Waals surface area contributed by atoms with Gasteiger partial charge in [-0.05, 0) is 36.8 Å². The molecule has 21 heavy (non-hydrogen) atoms. The van der Waals surface area contributed by atoms with Crippen molar-refractivity contribution in [1.82, 2.24) is 5.32 Å². The second-order valence-electron chi connectivity index (χ2n) is 5.36. The molecule has 1 aromatic rings. The molecule has 0 spiro atoms. The molecule has 0 amide bonds. The molecule has 4 N–H and O–H groups in total. The van der Waals surface area contributed by atoms with Crippen LogP contribution in [0, 0.1) is 0 Å². The van der Waals surface area contributed by atoms with Gasteiger partial charge in [0.2, 0.25) is 0 Å². The summed E-state index contributed by atoms with van der Waals surface area (Å²) in [6, 6.07) is 5.71. The van der Waals surface area contributed by atoms with Crippen molar-refractivity contribution in [2.75, 3.05) is 19.9 Å². The maximum atomic E-state index is 8.76. The largest absolute Gasteiger partial charge is 0.496 e. The number of oxime groups is 1. The summed E-state index contributed by atoms with van der Waals surface area (Å²) >= 11 is 1.96. The fourth-order valence-electron chi connectivity index (χ4n) is 2.57. The Labute approximate surface area is 129 Å². The number of ether oxygens (including phenoxy) is 1. The van der Waals surface area contributed by atoms with E-state index in [-0.39, 0.29) is 5.84 Å². The highest BCUT2D eigenvalue weighted by Crippen LogP contribution is 2.42. The Bertz CT molecular complexity index is 510. The van der Waals surface area contributed by atoms with Crippen LogP contribution in [0.15, 0.2) is 23.4 Å². The van der Waals surface area contributed by atoms with Gasteiger partial charge in [0.25, 0.3) is 0 Å². The number of methoxy groups -OCH3 is 1. The van der Waals surface area contributed by atoms with E-state index in [0.717, 1.165) is 18.7 Å². The van der Waals surface area contributed by atoms with Gasteiger partial charge in [-0.15, -0.1) is 0 Å². The second-order valence-corrected chi connectivity index (χ2v) is 6.64. The van der Waals surface area contributed by atoms with Gasteiger partial charge < -0.3 is 21.0 Å². The van der Waals surface area contributed by atoms with E-state index in [2.05, 4.69) is 16.7 Å². The van der Waals surface area contributed by atoms with Gasteiger partial charge in [-0.1, -0.05) is 17.6 Å². The molecule has 5 nitrogen and oxygen atoms in total. The molecule has 0 unspecified atom stereocenters. The highest BCUT2D eigenvalue weighted by Gasteiger charge is 2.35. The van der Waals surface area contributed by atoms with Gasteiger partial charge >= 0.3 is 0 Å². The number of benzene rings is 1. The fraction of sp³-hybridized carbons (Fsp3) is 0.533. The van der Waals surface area contributed by atoms with Crippen molar-refractivity contribution in [2.24, 2.45) is 10.9 Å². The molecule has 116 valence electrons. The van der Waals surface area contributed by atoms with Crippen LogP contribution in [0.2, 0.25) is 0 Å². The predicted octanol–water partition coefficient (Wildman–Crippen LogP) is 2.17. The Balaban J connectivity index is 1.98. The van der Waals surface area contributed by atoms with Crippen molar-refractivity contribution < 1.29 is 9.94 Å². The van der Waals surface area contributed by atoms with E-state index in [1.165, 1.54) is 19.3 Å². The van der Waals surface area contributed by atoms with Crippen molar-refractivity contribution in [3.63, 3.8) is 0 Å². The van der Waals surface area contributed by atoms with E-state index < -0.39 is 0 Å². The Morgan fingerprint density at radius 1 is 1.52 bits per heavy atom. The van der Waals surface area contributed by atoms with Crippen LogP contribution in [0.3, 0.4) is 0 Å². The molecule has 0 aromatic heterocycles. The van der Waals surface area contributed by atoms with Crippen LogP contribution in [0.1, 0.15) is 30.4 Å². The summed E-state index contributed by atoms with van der Waals surface area (Å²) < 4.78 is 5.73. The second kappa shape index (κ2) is 7.04. The molecule has 0 saturated heterocycles. The topological polar surface area (TPSA) is 79.9 Å². The first-order chi connectivity index (χ1) is 10.1. The van der Waals surface area contributed by atoms with Gasteiger partial charge in [-0.25, -0.2) is 0 Å². The smallest absolute Gasteiger partial charge is 0.173 e. The summed E-state index contributed by atoms with van der Waals surface area (Å²) in [7, 11) is 1.58. The summed E-state index contributed by atoms with van der Waals surface area (Å²) in [5.41, 5.74) is 7.35. The number of hydrogen-bond donors (Lipinski definition) is 3. The maximum absolute atomic E-state index is 8.76. The number of thioether (sulfide) groups is 1. The average molecular weight is 309 g/mol. The minimum absolute atomic E-state index is 0.0576. The first-order valence-corrected chi connectivity index (χ1v) is 8.27. The summed E-state index contributed by atoms with van der Waals surface area (Å²) in [4.78, 5) is 0. The van der Waals surface area contributed by atoms with E-state index in [9.17, 15) is 0 Å². The molecule has 1 aliphatic rings. The van der Waals surface area contributed by atoms with Crippen LogP contribution in [0.4, 0.5) is 0 Å². The predicted molar refractivity (Wildman–Crippen MR) is 87.3 cm³/mol. The lowest BCUT2D eigenvalue weighted by Gasteiger charge is -2.40. The van der Waals surface area contributed by atoms with Crippen LogP contribution in [0.25, 0.3) is 0 Å². The molecule has 1 fully saturated rings. The molecule has 1 aliphatic carbocycles. The third kappa shape index (κ3) is 3.63. The van der Waals surface area contributed by atoms with Gasteiger partial charge in [0.1, 0.15) is 5.75 Å². The molecule has 6 heteroatoms. The zero-order valence-corrected chi connectivity index (χ0v) is 13.4. The van der Waals surface area contributed by atoms with E-state index in [1.54, 1.807) is 7.11 Å². The molecule has 0 bridgehead atoms. The zero-order valence-electron chi connectivity index (χ0n) is 12.6. The molecule has 1 saturated carbocycles. The average Bonchev–Trinajstić information content (AvgIpc) is 2.49.